The Kier molecular flexibility index (Phi) is 1.60. The van der Waals surface area contributed by atoms with Gasteiger partial charge < -0.3 is 10.5 Å². The second-order valence-electron chi connectivity index (χ2n) is 2.96. The van der Waals surface area contributed by atoms with Crippen molar-refractivity contribution in [3.63, 3.8) is 0 Å². The summed E-state index contributed by atoms with van der Waals surface area (Å²) in [7, 11) is 1.63. The number of methoxy groups -OCH3 is 1. The molecule has 0 atom stereocenters. The van der Waals surface area contributed by atoms with Crippen molar-refractivity contribution in [3.05, 3.63) is 11.9 Å². The van der Waals surface area contributed by atoms with Crippen LogP contribution in [0.4, 0.5) is 5.95 Å². The van der Waals surface area contributed by atoms with Crippen molar-refractivity contribution in [3.8, 4) is 5.75 Å². The van der Waals surface area contributed by atoms with Crippen molar-refractivity contribution in [2.45, 2.75) is 18.8 Å². The predicted octanol–water partition coefficient (Wildman–Crippen LogP) is 0.945. The molecule has 1 aromatic heterocycles. The molecule has 0 unspecified atom stereocenters. The Bertz CT molecular complexity index is 296. The molecule has 1 saturated carbocycles. The van der Waals surface area contributed by atoms with Gasteiger partial charge in [-0.05, 0) is 12.8 Å². The number of aromatic nitrogens is 2. The summed E-state index contributed by atoms with van der Waals surface area (Å²) in [5, 5.41) is 0. The largest absolute Gasteiger partial charge is 0.493 e. The van der Waals surface area contributed by atoms with Crippen LogP contribution in [0, 0.1) is 0 Å². The third-order valence-corrected chi connectivity index (χ3v) is 1.99. The van der Waals surface area contributed by atoms with E-state index in [2.05, 4.69) is 9.97 Å². The number of hydrogen-bond acceptors (Lipinski definition) is 4. The minimum atomic E-state index is 0.331. The highest BCUT2D eigenvalue weighted by Crippen LogP contribution is 2.42. The fourth-order valence-corrected chi connectivity index (χ4v) is 1.20. The van der Waals surface area contributed by atoms with Crippen LogP contribution in [-0.4, -0.2) is 17.1 Å². The fraction of sp³-hybridized carbons (Fsp3) is 0.500. The van der Waals surface area contributed by atoms with Gasteiger partial charge in [0.15, 0.2) is 5.75 Å². The lowest BCUT2D eigenvalue weighted by molar-refractivity contribution is 0.405. The molecular formula is C8H11N3O. The van der Waals surface area contributed by atoms with Crippen molar-refractivity contribution < 1.29 is 4.74 Å². The van der Waals surface area contributed by atoms with E-state index in [-0.39, 0.29) is 0 Å². The maximum absolute atomic E-state index is 5.47. The van der Waals surface area contributed by atoms with Gasteiger partial charge in [-0.15, -0.1) is 0 Å². The highest BCUT2D eigenvalue weighted by molar-refractivity contribution is 5.34. The average molecular weight is 165 g/mol. The van der Waals surface area contributed by atoms with Gasteiger partial charge in [-0.3, -0.25) is 0 Å². The summed E-state index contributed by atoms with van der Waals surface area (Å²) in [5.41, 5.74) is 6.43. The van der Waals surface area contributed by atoms with E-state index in [0.717, 1.165) is 11.4 Å². The van der Waals surface area contributed by atoms with Crippen LogP contribution in [0.3, 0.4) is 0 Å². The van der Waals surface area contributed by atoms with Gasteiger partial charge in [0.05, 0.1) is 19.0 Å². The number of nitrogens with two attached hydrogens (primary N) is 1. The number of nitrogens with zero attached hydrogens (tertiary/aromatic N) is 2. The van der Waals surface area contributed by atoms with Crippen LogP contribution >= 0.6 is 0 Å². The fourth-order valence-electron chi connectivity index (χ4n) is 1.20. The second kappa shape index (κ2) is 2.62. The molecule has 64 valence electrons. The van der Waals surface area contributed by atoms with Gasteiger partial charge in [-0.2, -0.15) is 0 Å². The molecule has 0 aromatic carbocycles. The molecule has 1 heterocycles. The zero-order valence-corrected chi connectivity index (χ0v) is 6.95. The molecule has 2 rings (SSSR count). The summed E-state index contributed by atoms with van der Waals surface area (Å²) in [6, 6.07) is 0. The van der Waals surface area contributed by atoms with Crippen LogP contribution in [0.15, 0.2) is 6.20 Å². The molecule has 1 aliphatic rings. The first-order valence-corrected chi connectivity index (χ1v) is 3.97. The van der Waals surface area contributed by atoms with E-state index in [0.29, 0.717) is 11.9 Å². The first kappa shape index (κ1) is 7.34. The topological polar surface area (TPSA) is 61.0 Å². The monoisotopic (exact) mass is 165 g/mol. The summed E-state index contributed by atoms with van der Waals surface area (Å²) >= 11 is 0. The van der Waals surface area contributed by atoms with Crippen molar-refractivity contribution in [2.24, 2.45) is 0 Å². The molecule has 2 N–H and O–H groups in total. The molecule has 0 saturated heterocycles. The number of hydrogen-bond donors (Lipinski definition) is 1. The number of ether oxygens (including phenoxy) is 1. The Morgan fingerprint density at radius 2 is 2.33 bits per heavy atom. The van der Waals surface area contributed by atoms with Crippen molar-refractivity contribution in [1.29, 1.82) is 0 Å². The third-order valence-electron chi connectivity index (χ3n) is 1.99. The van der Waals surface area contributed by atoms with Crippen molar-refractivity contribution in [2.75, 3.05) is 12.8 Å². The third kappa shape index (κ3) is 1.20. The van der Waals surface area contributed by atoms with Gasteiger partial charge in [0.25, 0.3) is 0 Å². The lowest BCUT2D eigenvalue weighted by Crippen LogP contribution is -2.00. The number of anilines is 1. The summed E-state index contributed by atoms with van der Waals surface area (Å²) in [6.07, 6.45) is 4.01. The van der Waals surface area contributed by atoms with Crippen LogP contribution in [0.2, 0.25) is 0 Å². The highest BCUT2D eigenvalue weighted by Gasteiger charge is 2.28. The smallest absolute Gasteiger partial charge is 0.220 e. The maximum atomic E-state index is 5.47. The van der Waals surface area contributed by atoms with Gasteiger partial charge >= 0.3 is 0 Å². The van der Waals surface area contributed by atoms with Gasteiger partial charge in [0.1, 0.15) is 0 Å². The first-order valence-electron chi connectivity index (χ1n) is 3.97. The van der Waals surface area contributed by atoms with E-state index in [4.69, 9.17) is 10.5 Å². The Morgan fingerprint density at radius 3 is 2.92 bits per heavy atom. The molecule has 1 aromatic rings. The highest BCUT2D eigenvalue weighted by atomic mass is 16.5. The second-order valence-corrected chi connectivity index (χ2v) is 2.96. The van der Waals surface area contributed by atoms with Crippen LogP contribution in [-0.2, 0) is 0 Å². The summed E-state index contributed by atoms with van der Waals surface area (Å²) in [6.45, 7) is 0. The maximum Gasteiger partial charge on any atom is 0.220 e. The van der Waals surface area contributed by atoms with E-state index in [1.807, 2.05) is 0 Å². The minimum Gasteiger partial charge on any atom is -0.493 e. The van der Waals surface area contributed by atoms with Gasteiger partial charge in [-0.1, -0.05) is 0 Å². The predicted molar refractivity (Wildman–Crippen MR) is 45.0 cm³/mol. The van der Waals surface area contributed by atoms with Crippen LogP contribution in [0.1, 0.15) is 24.5 Å². The van der Waals surface area contributed by atoms with Crippen LogP contribution in [0.5, 0.6) is 5.75 Å². The van der Waals surface area contributed by atoms with Gasteiger partial charge in [-0.25, -0.2) is 9.97 Å². The lowest BCUT2D eigenvalue weighted by atomic mass is 10.2. The van der Waals surface area contributed by atoms with Crippen LogP contribution in [0.25, 0.3) is 0 Å². The van der Waals surface area contributed by atoms with Crippen LogP contribution < -0.4 is 10.5 Å². The van der Waals surface area contributed by atoms with Gasteiger partial charge in [0, 0.05) is 5.92 Å². The Morgan fingerprint density at radius 1 is 1.58 bits per heavy atom. The van der Waals surface area contributed by atoms with Crippen molar-refractivity contribution in [1.82, 2.24) is 9.97 Å². The van der Waals surface area contributed by atoms with E-state index in [1.54, 1.807) is 13.3 Å². The van der Waals surface area contributed by atoms with Crippen molar-refractivity contribution >= 4 is 5.95 Å². The van der Waals surface area contributed by atoms with E-state index in [9.17, 15) is 0 Å². The molecule has 0 radical (unpaired) electrons. The zero-order chi connectivity index (χ0) is 8.55. The molecule has 1 aliphatic carbocycles. The lowest BCUT2D eigenvalue weighted by Gasteiger charge is -2.05. The summed E-state index contributed by atoms with van der Waals surface area (Å²) in [4.78, 5) is 8.01. The molecular weight excluding hydrogens is 154 g/mol. The molecule has 12 heavy (non-hydrogen) atoms. The molecule has 0 aliphatic heterocycles. The quantitative estimate of drug-likeness (QED) is 0.708. The molecule has 0 amide bonds. The minimum absolute atomic E-state index is 0.331. The van der Waals surface area contributed by atoms with E-state index in [1.165, 1.54) is 12.8 Å². The molecule has 0 bridgehead atoms. The normalized spacial score (nSPS) is 16.1. The first-order chi connectivity index (χ1) is 5.81. The average Bonchev–Trinajstić information content (AvgIpc) is 2.87. The summed E-state index contributed by atoms with van der Waals surface area (Å²) in [5.74, 6) is 1.63. The molecule has 1 fully saturated rings. The Labute approximate surface area is 70.8 Å². The molecule has 4 nitrogen and oxygen atoms in total. The Balaban J connectivity index is 2.39. The number of rotatable bonds is 2. The van der Waals surface area contributed by atoms with E-state index >= 15 is 0 Å². The Hall–Kier alpha value is -1.32. The zero-order valence-electron chi connectivity index (χ0n) is 6.95. The van der Waals surface area contributed by atoms with Gasteiger partial charge in [0.2, 0.25) is 5.95 Å². The molecule has 0 spiro atoms. The van der Waals surface area contributed by atoms with E-state index < -0.39 is 0 Å². The standard InChI is InChI=1S/C8H11N3O/c1-12-6-4-10-8(9)11-7(6)5-2-3-5/h4-5H,2-3H2,1H3,(H2,9,10,11). The summed E-state index contributed by atoms with van der Waals surface area (Å²) < 4.78 is 5.12. The molecule has 4 heteroatoms. The number of nitrogen functional groups attached to an aromatic ring is 1. The SMILES string of the molecule is COc1cnc(N)nc1C1CC1.